The smallest absolute Gasteiger partial charge is 0.255 e. The number of hydrogen-bond acceptors (Lipinski definition) is 2. The first kappa shape index (κ1) is 14.7. The van der Waals surface area contributed by atoms with Crippen molar-refractivity contribution in [2.45, 2.75) is 31.7 Å². The van der Waals surface area contributed by atoms with E-state index in [4.69, 9.17) is 11.6 Å². The molecule has 0 radical (unpaired) electrons. The fourth-order valence-corrected chi connectivity index (χ4v) is 1.95. The number of halogens is 1. The minimum absolute atomic E-state index is 0.00127. The Labute approximate surface area is 123 Å². The monoisotopic (exact) mass is 291 g/mol. The number of hydrogen-bond donors (Lipinski definition) is 2. The van der Waals surface area contributed by atoms with Gasteiger partial charge in [-0.25, -0.2) is 0 Å². The predicted molar refractivity (Wildman–Crippen MR) is 82.5 cm³/mol. The van der Waals surface area contributed by atoms with E-state index in [1.54, 1.807) is 12.1 Å². The second kappa shape index (κ2) is 5.33. The van der Waals surface area contributed by atoms with Gasteiger partial charge in [0.2, 0.25) is 0 Å². The highest BCUT2D eigenvalue weighted by molar-refractivity contribution is 6.21. The van der Waals surface area contributed by atoms with Crippen LogP contribution in [0.15, 0.2) is 36.4 Å². The molecular formula is C16H18ClNO2. The van der Waals surface area contributed by atoms with Crippen molar-refractivity contribution in [3.63, 3.8) is 0 Å². The Morgan fingerprint density at radius 2 is 1.90 bits per heavy atom. The minimum atomic E-state index is -0.559. The molecule has 4 heteroatoms. The third kappa shape index (κ3) is 2.73. The lowest BCUT2D eigenvalue weighted by Crippen LogP contribution is -2.49. The summed E-state index contributed by atoms with van der Waals surface area (Å²) in [4.78, 5) is 12.3. The van der Waals surface area contributed by atoms with Gasteiger partial charge in [-0.05, 0) is 32.2 Å². The molecule has 2 aromatic rings. The molecule has 1 atom stereocenters. The number of aromatic hydroxyl groups is 1. The maximum absolute atomic E-state index is 12.3. The fourth-order valence-electron chi connectivity index (χ4n) is 1.90. The number of carbonyl (C=O) groups is 1. The molecule has 106 valence electrons. The van der Waals surface area contributed by atoms with Gasteiger partial charge in [-0.1, -0.05) is 30.3 Å². The van der Waals surface area contributed by atoms with Gasteiger partial charge in [-0.15, -0.1) is 11.6 Å². The molecule has 0 spiro atoms. The van der Waals surface area contributed by atoms with Gasteiger partial charge in [0.1, 0.15) is 5.75 Å². The number of phenols is 1. The molecule has 0 aliphatic heterocycles. The lowest BCUT2D eigenvalue weighted by atomic mass is 9.99. The first-order valence-corrected chi connectivity index (χ1v) is 6.94. The van der Waals surface area contributed by atoms with Crippen molar-refractivity contribution in [1.29, 1.82) is 0 Å². The van der Waals surface area contributed by atoms with Gasteiger partial charge in [-0.3, -0.25) is 4.79 Å². The summed E-state index contributed by atoms with van der Waals surface area (Å²) in [7, 11) is 0. The second-order valence-corrected chi connectivity index (χ2v) is 6.13. The van der Waals surface area contributed by atoms with Crippen LogP contribution >= 0.6 is 11.6 Å². The van der Waals surface area contributed by atoms with Gasteiger partial charge < -0.3 is 10.4 Å². The van der Waals surface area contributed by atoms with E-state index < -0.39 is 5.54 Å². The molecule has 0 saturated heterocycles. The number of nitrogens with one attached hydrogen (secondary N) is 1. The molecule has 3 nitrogen and oxygen atoms in total. The SMILES string of the molecule is CC(Cl)C(C)(C)NC(=O)c1ccc2ccccc2c1O. The van der Waals surface area contributed by atoms with Crippen LogP contribution in [0.5, 0.6) is 5.75 Å². The number of benzene rings is 2. The van der Waals surface area contributed by atoms with E-state index in [0.29, 0.717) is 5.39 Å². The molecule has 20 heavy (non-hydrogen) atoms. The molecule has 0 aromatic heterocycles. The summed E-state index contributed by atoms with van der Waals surface area (Å²) in [6.07, 6.45) is 0. The minimum Gasteiger partial charge on any atom is -0.506 e. The number of carbonyl (C=O) groups excluding carboxylic acids is 1. The van der Waals surface area contributed by atoms with E-state index in [1.807, 2.05) is 45.0 Å². The summed E-state index contributed by atoms with van der Waals surface area (Å²) in [5.41, 5.74) is -0.300. The summed E-state index contributed by atoms with van der Waals surface area (Å²) in [5.74, 6) is -0.329. The number of fused-ring (bicyclic) bond motifs is 1. The molecule has 0 aliphatic rings. The van der Waals surface area contributed by atoms with E-state index in [-0.39, 0.29) is 22.6 Å². The summed E-state index contributed by atoms with van der Waals surface area (Å²) in [5, 5.41) is 14.4. The molecule has 0 aliphatic carbocycles. The first-order valence-electron chi connectivity index (χ1n) is 6.50. The van der Waals surface area contributed by atoms with Crippen LogP contribution in [-0.4, -0.2) is 21.9 Å². The number of alkyl halides is 1. The second-order valence-electron chi connectivity index (χ2n) is 5.47. The molecule has 1 unspecified atom stereocenters. The molecule has 0 saturated carbocycles. The van der Waals surface area contributed by atoms with E-state index >= 15 is 0 Å². The summed E-state index contributed by atoms with van der Waals surface area (Å²) >= 11 is 6.06. The first-order chi connectivity index (χ1) is 9.33. The summed E-state index contributed by atoms with van der Waals surface area (Å²) in [6, 6.07) is 10.8. The highest BCUT2D eigenvalue weighted by Gasteiger charge is 2.27. The van der Waals surface area contributed by atoms with Crippen LogP contribution in [0.3, 0.4) is 0 Å². The van der Waals surface area contributed by atoms with Gasteiger partial charge in [0, 0.05) is 5.39 Å². The van der Waals surface area contributed by atoms with Crippen LogP contribution in [0, 0.1) is 0 Å². The van der Waals surface area contributed by atoms with E-state index in [1.165, 1.54) is 0 Å². The van der Waals surface area contributed by atoms with Crippen LogP contribution < -0.4 is 5.32 Å². The van der Waals surface area contributed by atoms with Crippen molar-refractivity contribution >= 4 is 28.3 Å². The average Bonchev–Trinajstić information content (AvgIpc) is 2.38. The van der Waals surface area contributed by atoms with Crippen molar-refractivity contribution < 1.29 is 9.90 Å². The van der Waals surface area contributed by atoms with Crippen molar-refractivity contribution in [3.8, 4) is 5.75 Å². The Hall–Kier alpha value is -1.74. The molecular weight excluding hydrogens is 274 g/mol. The van der Waals surface area contributed by atoms with Crippen LogP contribution in [-0.2, 0) is 0 Å². The lowest BCUT2D eigenvalue weighted by Gasteiger charge is -2.29. The summed E-state index contributed by atoms with van der Waals surface area (Å²) < 4.78 is 0. The molecule has 0 fully saturated rings. The normalized spacial score (nSPS) is 13.2. The van der Waals surface area contributed by atoms with Gasteiger partial charge in [-0.2, -0.15) is 0 Å². The number of phenolic OH excluding ortho intramolecular Hbond substituents is 1. The largest absolute Gasteiger partial charge is 0.506 e. The Kier molecular flexibility index (Phi) is 3.91. The van der Waals surface area contributed by atoms with E-state index in [9.17, 15) is 9.90 Å². The van der Waals surface area contributed by atoms with E-state index in [0.717, 1.165) is 5.39 Å². The molecule has 2 rings (SSSR count). The number of amides is 1. The topological polar surface area (TPSA) is 49.3 Å². The van der Waals surface area contributed by atoms with Crippen LogP contribution in [0.1, 0.15) is 31.1 Å². The van der Waals surface area contributed by atoms with Gasteiger partial charge in [0.15, 0.2) is 0 Å². The molecule has 0 heterocycles. The van der Waals surface area contributed by atoms with Crippen molar-refractivity contribution in [2.24, 2.45) is 0 Å². The summed E-state index contributed by atoms with van der Waals surface area (Å²) in [6.45, 7) is 5.52. The molecule has 1 amide bonds. The zero-order valence-corrected chi connectivity index (χ0v) is 12.5. The fraction of sp³-hybridized carbons (Fsp3) is 0.312. The van der Waals surface area contributed by atoms with Gasteiger partial charge in [0.25, 0.3) is 5.91 Å². The third-order valence-corrected chi connectivity index (χ3v) is 4.12. The highest BCUT2D eigenvalue weighted by atomic mass is 35.5. The Bertz CT molecular complexity index is 650. The predicted octanol–water partition coefficient (Wildman–Crippen LogP) is 3.68. The maximum Gasteiger partial charge on any atom is 0.255 e. The molecule has 2 aromatic carbocycles. The highest BCUT2D eigenvalue weighted by Crippen LogP contribution is 2.29. The average molecular weight is 292 g/mol. The maximum atomic E-state index is 12.3. The van der Waals surface area contributed by atoms with Crippen molar-refractivity contribution in [1.82, 2.24) is 5.32 Å². The zero-order chi connectivity index (χ0) is 14.9. The van der Waals surface area contributed by atoms with Crippen LogP contribution in [0.4, 0.5) is 0 Å². The van der Waals surface area contributed by atoms with Gasteiger partial charge in [0.05, 0.1) is 16.5 Å². The molecule has 0 bridgehead atoms. The standard InChI is InChI=1S/C16H18ClNO2/c1-10(17)16(2,3)18-15(20)13-9-8-11-6-4-5-7-12(11)14(13)19/h4-10,19H,1-3H3,(H,18,20). The Morgan fingerprint density at radius 1 is 1.25 bits per heavy atom. The van der Waals surface area contributed by atoms with Crippen LogP contribution in [0.25, 0.3) is 10.8 Å². The van der Waals surface area contributed by atoms with Crippen LogP contribution in [0.2, 0.25) is 0 Å². The Balaban J connectivity index is 2.38. The quantitative estimate of drug-likeness (QED) is 0.848. The van der Waals surface area contributed by atoms with Crippen molar-refractivity contribution in [2.75, 3.05) is 0 Å². The van der Waals surface area contributed by atoms with Crippen molar-refractivity contribution in [3.05, 3.63) is 42.0 Å². The van der Waals surface area contributed by atoms with E-state index in [2.05, 4.69) is 5.32 Å². The van der Waals surface area contributed by atoms with Gasteiger partial charge >= 0.3 is 0 Å². The zero-order valence-electron chi connectivity index (χ0n) is 11.8. The Morgan fingerprint density at radius 3 is 2.55 bits per heavy atom. The third-order valence-electron chi connectivity index (χ3n) is 3.58. The molecule has 2 N–H and O–H groups in total. The lowest BCUT2D eigenvalue weighted by molar-refractivity contribution is 0.0910. The number of rotatable bonds is 3.